The molecule has 5 heterocycles. The minimum Gasteiger partial charge on any atom is -0.470 e. The van der Waals surface area contributed by atoms with E-state index >= 15 is 0 Å². The fourth-order valence-electron chi connectivity index (χ4n) is 5.86. The monoisotopic (exact) mass is 539 g/mol. The smallest absolute Gasteiger partial charge is 0.234 e. The lowest BCUT2D eigenvalue weighted by atomic mass is 9.99. The molecule has 1 N–H and O–H groups in total. The topological polar surface area (TPSA) is 91.9 Å². The predicted octanol–water partition coefficient (Wildman–Crippen LogP) is 5.97. The molecule has 8 nitrogen and oxygen atoms in total. The van der Waals surface area contributed by atoms with E-state index in [2.05, 4.69) is 90.4 Å². The van der Waals surface area contributed by atoms with Gasteiger partial charge in [0.25, 0.3) is 0 Å². The largest absolute Gasteiger partial charge is 0.470 e. The van der Waals surface area contributed by atoms with Gasteiger partial charge in [0.15, 0.2) is 6.73 Å². The van der Waals surface area contributed by atoms with E-state index < -0.39 is 0 Å². The van der Waals surface area contributed by atoms with E-state index in [0.29, 0.717) is 12.8 Å². The van der Waals surface area contributed by atoms with E-state index in [-0.39, 0.29) is 5.82 Å². The summed E-state index contributed by atoms with van der Waals surface area (Å²) in [5, 5.41) is 12.5. The summed E-state index contributed by atoms with van der Waals surface area (Å²) in [6.45, 7) is 3.39. The lowest BCUT2D eigenvalue weighted by Gasteiger charge is -2.32. The van der Waals surface area contributed by atoms with Crippen molar-refractivity contribution in [3.05, 3.63) is 103 Å². The van der Waals surface area contributed by atoms with Gasteiger partial charge in [0.2, 0.25) is 5.82 Å². The number of nitrogens with zero attached hydrogens (tertiary/aromatic N) is 6. The minimum atomic E-state index is 0.197. The number of pyridine rings is 1. The van der Waals surface area contributed by atoms with Crippen LogP contribution < -0.4 is 10.1 Å². The lowest BCUT2D eigenvalue weighted by Crippen LogP contribution is -2.38. The Balaban J connectivity index is 1.08. The highest BCUT2D eigenvalue weighted by molar-refractivity contribution is 5.88. The summed E-state index contributed by atoms with van der Waals surface area (Å²) in [4.78, 5) is 15.0. The third-order valence-electron chi connectivity index (χ3n) is 7.92. The summed E-state index contributed by atoms with van der Waals surface area (Å²) < 4.78 is 8.35. The number of nitrogens with one attached hydrogen (secondary N) is 1. The predicted molar refractivity (Wildman–Crippen MR) is 158 cm³/mol. The molecule has 0 spiro atoms. The second kappa shape index (κ2) is 10.9. The Morgan fingerprint density at radius 2 is 1.76 bits per heavy atom. The van der Waals surface area contributed by atoms with Gasteiger partial charge in [-0.25, -0.2) is 9.97 Å². The average Bonchev–Trinajstić information content (AvgIpc) is 3.43. The van der Waals surface area contributed by atoms with Crippen LogP contribution in [0.15, 0.2) is 91.4 Å². The first-order chi connectivity index (χ1) is 20.2. The number of fused-ring (bicyclic) bond motifs is 3. The summed E-state index contributed by atoms with van der Waals surface area (Å²) in [6.07, 6.45) is 7.30. The van der Waals surface area contributed by atoms with Crippen LogP contribution in [0, 0.1) is 11.3 Å². The van der Waals surface area contributed by atoms with Gasteiger partial charge >= 0.3 is 0 Å². The number of hydrogen-bond donors (Lipinski definition) is 1. The van der Waals surface area contributed by atoms with Crippen LogP contribution in [0.3, 0.4) is 0 Å². The van der Waals surface area contributed by atoms with Crippen LogP contribution in [-0.2, 0) is 13.3 Å². The molecule has 1 fully saturated rings. The van der Waals surface area contributed by atoms with Crippen LogP contribution in [0.1, 0.15) is 24.2 Å². The van der Waals surface area contributed by atoms with Crippen LogP contribution in [-0.4, -0.2) is 43.6 Å². The van der Waals surface area contributed by atoms with E-state index in [1.165, 1.54) is 22.3 Å². The maximum absolute atomic E-state index is 9.05. The molecular weight excluding hydrogens is 510 g/mol. The fraction of sp³-hybridized carbons (Fsp3) is 0.212. The zero-order chi connectivity index (χ0) is 27.6. The van der Waals surface area contributed by atoms with Gasteiger partial charge in [-0.1, -0.05) is 54.6 Å². The van der Waals surface area contributed by atoms with Crippen molar-refractivity contribution in [3.8, 4) is 45.5 Å². The van der Waals surface area contributed by atoms with Crippen molar-refractivity contribution < 1.29 is 4.74 Å². The number of aromatic nitrogens is 4. The summed E-state index contributed by atoms with van der Waals surface area (Å²) in [5.41, 5.74) is 8.23. The highest BCUT2D eigenvalue weighted by Crippen LogP contribution is 2.43. The van der Waals surface area contributed by atoms with Crippen molar-refractivity contribution in [2.24, 2.45) is 0 Å². The normalized spacial score (nSPS) is 14.9. The third-order valence-corrected chi connectivity index (χ3v) is 7.92. The number of ether oxygens (including phenoxy) is 1. The van der Waals surface area contributed by atoms with E-state index in [4.69, 9.17) is 10.00 Å². The molecule has 0 unspecified atom stereocenters. The van der Waals surface area contributed by atoms with Crippen LogP contribution in [0.2, 0.25) is 0 Å². The standard InChI is InChI=1S/C33H29N7O/c34-19-32-36-15-11-31(38-32)37-26-12-16-39(17-13-26)21-23-6-8-24(9-7-23)28-18-29-27-10-14-35-20-30(27)41-22-40(29)33(28)25-4-2-1-3-5-25/h1-11,14-15,18,20,26H,12-13,16-17,21-22H2,(H,36,37,38). The van der Waals surface area contributed by atoms with Crippen molar-refractivity contribution in [2.75, 3.05) is 18.4 Å². The van der Waals surface area contributed by atoms with E-state index in [1.807, 2.05) is 24.4 Å². The van der Waals surface area contributed by atoms with Gasteiger partial charge in [-0.05, 0) is 47.7 Å². The molecule has 1 saturated heterocycles. The van der Waals surface area contributed by atoms with Gasteiger partial charge in [-0.15, -0.1) is 0 Å². The van der Waals surface area contributed by atoms with Crippen LogP contribution >= 0.6 is 0 Å². The molecule has 202 valence electrons. The maximum Gasteiger partial charge on any atom is 0.234 e. The Labute approximate surface area is 238 Å². The molecule has 3 aromatic heterocycles. The van der Waals surface area contributed by atoms with Crippen LogP contribution in [0.5, 0.6) is 5.75 Å². The number of anilines is 1. The molecule has 0 radical (unpaired) electrons. The zero-order valence-corrected chi connectivity index (χ0v) is 22.6. The lowest BCUT2D eigenvalue weighted by molar-refractivity contribution is 0.211. The molecular formula is C33H29N7O. The Morgan fingerprint density at radius 1 is 0.927 bits per heavy atom. The maximum atomic E-state index is 9.05. The van der Waals surface area contributed by atoms with Gasteiger partial charge < -0.3 is 14.6 Å². The van der Waals surface area contributed by atoms with Crippen molar-refractivity contribution in [1.29, 1.82) is 5.26 Å². The summed E-state index contributed by atoms with van der Waals surface area (Å²) in [5.74, 6) is 1.74. The Hall–Kier alpha value is -5.00. The van der Waals surface area contributed by atoms with Gasteiger partial charge in [0, 0.05) is 49.2 Å². The molecule has 0 saturated carbocycles. The third kappa shape index (κ3) is 5.04. The molecule has 41 heavy (non-hydrogen) atoms. The number of likely N-dealkylation sites (tertiary alicyclic amines) is 1. The molecule has 0 aliphatic carbocycles. The van der Waals surface area contributed by atoms with Crippen LogP contribution in [0.4, 0.5) is 5.82 Å². The minimum absolute atomic E-state index is 0.197. The Morgan fingerprint density at radius 3 is 2.56 bits per heavy atom. The molecule has 7 rings (SSSR count). The van der Waals surface area contributed by atoms with Crippen molar-refractivity contribution in [2.45, 2.75) is 32.2 Å². The quantitative estimate of drug-likeness (QED) is 0.284. The number of rotatable bonds is 6. The molecule has 5 aromatic rings. The average molecular weight is 540 g/mol. The summed E-state index contributed by atoms with van der Waals surface area (Å²) in [6, 6.07) is 28.0. The number of nitriles is 1. The molecule has 0 bridgehead atoms. The fourth-order valence-corrected chi connectivity index (χ4v) is 5.86. The number of benzene rings is 2. The Kier molecular flexibility index (Phi) is 6.63. The highest BCUT2D eigenvalue weighted by atomic mass is 16.5. The van der Waals surface area contributed by atoms with Gasteiger partial charge in [-0.3, -0.25) is 9.88 Å². The molecule has 0 atom stereocenters. The van der Waals surface area contributed by atoms with Crippen molar-refractivity contribution in [3.63, 3.8) is 0 Å². The first kappa shape index (κ1) is 25.0. The molecule has 2 aliphatic rings. The first-order valence-corrected chi connectivity index (χ1v) is 13.9. The molecule has 2 aliphatic heterocycles. The Bertz CT molecular complexity index is 1720. The second-order valence-electron chi connectivity index (χ2n) is 10.5. The van der Waals surface area contributed by atoms with E-state index in [1.54, 1.807) is 12.4 Å². The zero-order valence-electron chi connectivity index (χ0n) is 22.6. The first-order valence-electron chi connectivity index (χ1n) is 13.9. The van der Waals surface area contributed by atoms with Gasteiger partial charge in [0.1, 0.15) is 17.6 Å². The van der Waals surface area contributed by atoms with Crippen molar-refractivity contribution >= 4 is 5.82 Å². The van der Waals surface area contributed by atoms with Crippen LogP contribution in [0.25, 0.3) is 33.6 Å². The second-order valence-corrected chi connectivity index (χ2v) is 10.5. The van der Waals surface area contributed by atoms with Gasteiger partial charge in [-0.2, -0.15) is 5.26 Å². The van der Waals surface area contributed by atoms with Gasteiger partial charge in [0.05, 0.1) is 17.6 Å². The summed E-state index contributed by atoms with van der Waals surface area (Å²) >= 11 is 0. The van der Waals surface area contributed by atoms with E-state index in [9.17, 15) is 0 Å². The summed E-state index contributed by atoms with van der Waals surface area (Å²) in [7, 11) is 0. The number of hydrogen-bond acceptors (Lipinski definition) is 7. The van der Waals surface area contributed by atoms with Crippen molar-refractivity contribution in [1.82, 2.24) is 24.4 Å². The number of piperidine rings is 1. The molecule has 2 aromatic carbocycles. The van der Waals surface area contributed by atoms with E-state index in [0.717, 1.165) is 61.0 Å². The SMILES string of the molecule is N#Cc1nccc(NC2CCN(Cc3ccc(-c4cc5n(c4-c4ccccc4)COc4cnccc4-5)cc3)CC2)n1. The molecule has 0 amide bonds. The highest BCUT2D eigenvalue weighted by Gasteiger charge is 2.25. The molecule has 8 heteroatoms.